The van der Waals surface area contributed by atoms with Crippen molar-refractivity contribution in [2.45, 2.75) is 0 Å². The molecular weight excluding hydrogens is 299 g/mol. The van der Waals surface area contributed by atoms with Crippen molar-refractivity contribution in [1.29, 1.82) is 0 Å². The summed E-state index contributed by atoms with van der Waals surface area (Å²) in [5.74, 6) is -3.89. The molecule has 0 fully saturated rings. The SMILES string of the molecule is O=C(O)CNC(=O)CNC(=O)CNC(=O)c1ccc(F)nc1. The number of carboxylic acids is 1. The van der Waals surface area contributed by atoms with Crippen LogP contribution in [0, 0.1) is 5.95 Å². The van der Waals surface area contributed by atoms with Crippen molar-refractivity contribution in [3.63, 3.8) is 0 Å². The van der Waals surface area contributed by atoms with Gasteiger partial charge in [-0.15, -0.1) is 0 Å². The Morgan fingerprint density at radius 1 is 1.00 bits per heavy atom. The molecule has 0 spiro atoms. The largest absolute Gasteiger partial charge is 0.480 e. The Morgan fingerprint density at radius 3 is 2.14 bits per heavy atom. The molecule has 0 atom stereocenters. The molecule has 0 saturated heterocycles. The van der Waals surface area contributed by atoms with Crippen LogP contribution in [0.1, 0.15) is 10.4 Å². The molecule has 0 aliphatic heterocycles. The van der Waals surface area contributed by atoms with E-state index in [9.17, 15) is 23.6 Å². The first kappa shape index (κ1) is 17.0. The minimum atomic E-state index is -1.21. The Morgan fingerprint density at radius 2 is 1.59 bits per heavy atom. The normalized spacial score (nSPS) is 9.68. The van der Waals surface area contributed by atoms with Crippen LogP contribution in [0.15, 0.2) is 18.3 Å². The van der Waals surface area contributed by atoms with E-state index in [1.807, 2.05) is 5.32 Å². The van der Waals surface area contributed by atoms with E-state index in [-0.39, 0.29) is 5.56 Å². The minimum Gasteiger partial charge on any atom is -0.480 e. The third-order valence-electron chi connectivity index (χ3n) is 2.28. The number of hydrogen-bond acceptors (Lipinski definition) is 5. The van der Waals surface area contributed by atoms with Crippen molar-refractivity contribution in [1.82, 2.24) is 20.9 Å². The number of pyridine rings is 1. The summed E-state index contributed by atoms with van der Waals surface area (Å²) in [4.78, 5) is 47.6. The molecule has 0 aromatic carbocycles. The predicted octanol–water partition coefficient (Wildman–Crippen LogP) is -1.73. The van der Waals surface area contributed by atoms with E-state index in [0.29, 0.717) is 0 Å². The van der Waals surface area contributed by atoms with Gasteiger partial charge in [-0.25, -0.2) is 4.98 Å². The summed E-state index contributed by atoms with van der Waals surface area (Å²) in [6.45, 7) is -1.37. The molecule has 22 heavy (non-hydrogen) atoms. The van der Waals surface area contributed by atoms with Gasteiger partial charge in [0.05, 0.1) is 18.7 Å². The highest BCUT2D eigenvalue weighted by molar-refractivity contribution is 5.96. The van der Waals surface area contributed by atoms with Crippen LogP contribution in [0.4, 0.5) is 4.39 Å². The zero-order valence-electron chi connectivity index (χ0n) is 11.3. The first-order chi connectivity index (χ1) is 10.4. The molecule has 3 amide bonds. The standard InChI is InChI=1S/C12H13FN4O5/c13-8-2-1-7(3-14-8)12(22)17-5-10(19)15-4-9(18)16-6-11(20)21/h1-3H,4-6H2,(H,15,19)(H,16,18)(H,17,22)(H,20,21). The van der Waals surface area contributed by atoms with Crippen LogP contribution in [0.3, 0.4) is 0 Å². The highest BCUT2D eigenvalue weighted by Crippen LogP contribution is 1.98. The zero-order chi connectivity index (χ0) is 16.5. The van der Waals surface area contributed by atoms with Gasteiger partial charge in [0, 0.05) is 6.20 Å². The first-order valence-corrected chi connectivity index (χ1v) is 6.03. The van der Waals surface area contributed by atoms with Gasteiger partial charge < -0.3 is 21.1 Å². The molecule has 1 rings (SSSR count). The van der Waals surface area contributed by atoms with Crippen molar-refractivity contribution < 1.29 is 28.7 Å². The zero-order valence-corrected chi connectivity index (χ0v) is 11.3. The van der Waals surface area contributed by atoms with Crippen LogP contribution in [0.2, 0.25) is 0 Å². The number of aliphatic carboxylic acids is 1. The second-order valence-electron chi connectivity index (χ2n) is 4.00. The molecule has 1 aromatic rings. The van der Waals surface area contributed by atoms with E-state index in [4.69, 9.17) is 5.11 Å². The number of nitrogens with one attached hydrogen (secondary N) is 3. The van der Waals surface area contributed by atoms with Crippen LogP contribution in [0.5, 0.6) is 0 Å². The predicted molar refractivity (Wildman–Crippen MR) is 70.2 cm³/mol. The number of rotatable bonds is 7. The summed E-state index contributed by atoms with van der Waals surface area (Å²) in [5, 5.41) is 14.8. The van der Waals surface area contributed by atoms with Gasteiger partial charge in [-0.05, 0) is 12.1 Å². The van der Waals surface area contributed by atoms with Gasteiger partial charge in [-0.3, -0.25) is 19.2 Å². The monoisotopic (exact) mass is 312 g/mol. The number of halogens is 1. The molecule has 0 radical (unpaired) electrons. The topological polar surface area (TPSA) is 137 Å². The highest BCUT2D eigenvalue weighted by Gasteiger charge is 2.10. The fraction of sp³-hybridized carbons (Fsp3) is 0.250. The molecule has 4 N–H and O–H groups in total. The summed E-state index contributed by atoms with van der Waals surface area (Å²) in [6, 6.07) is 2.21. The second-order valence-corrected chi connectivity index (χ2v) is 4.00. The van der Waals surface area contributed by atoms with E-state index >= 15 is 0 Å². The molecule has 9 nitrogen and oxygen atoms in total. The van der Waals surface area contributed by atoms with Crippen LogP contribution in [-0.4, -0.2) is 53.4 Å². The number of carbonyl (C=O) groups is 4. The smallest absolute Gasteiger partial charge is 0.322 e. The Bertz CT molecular complexity index is 575. The van der Waals surface area contributed by atoms with Gasteiger partial charge in [0.1, 0.15) is 6.54 Å². The van der Waals surface area contributed by atoms with Crippen LogP contribution in [-0.2, 0) is 14.4 Å². The maximum Gasteiger partial charge on any atom is 0.322 e. The number of carboxylic acid groups (broad SMARTS) is 1. The van der Waals surface area contributed by atoms with Crippen LogP contribution in [0.25, 0.3) is 0 Å². The van der Waals surface area contributed by atoms with Gasteiger partial charge in [-0.2, -0.15) is 4.39 Å². The third kappa shape index (κ3) is 6.41. The Balaban J connectivity index is 2.28. The lowest BCUT2D eigenvalue weighted by Gasteiger charge is -2.07. The number of aromatic nitrogens is 1. The summed E-state index contributed by atoms with van der Waals surface area (Å²) in [7, 11) is 0. The summed E-state index contributed by atoms with van der Waals surface area (Å²) < 4.78 is 12.6. The van der Waals surface area contributed by atoms with Crippen molar-refractivity contribution in [2.24, 2.45) is 0 Å². The summed E-state index contributed by atoms with van der Waals surface area (Å²) >= 11 is 0. The molecule has 1 aromatic heterocycles. The first-order valence-electron chi connectivity index (χ1n) is 6.03. The van der Waals surface area contributed by atoms with Crippen molar-refractivity contribution in [2.75, 3.05) is 19.6 Å². The molecule has 118 valence electrons. The lowest BCUT2D eigenvalue weighted by molar-refractivity contribution is -0.137. The van der Waals surface area contributed by atoms with Gasteiger partial charge in [0.2, 0.25) is 17.8 Å². The summed E-state index contributed by atoms with van der Waals surface area (Å²) in [6.07, 6.45) is 1.02. The second kappa shape index (κ2) is 8.29. The molecule has 0 aliphatic carbocycles. The molecule has 0 aliphatic rings. The molecule has 0 bridgehead atoms. The Hall–Kier alpha value is -3.04. The van der Waals surface area contributed by atoms with E-state index in [0.717, 1.165) is 12.3 Å². The van der Waals surface area contributed by atoms with Crippen molar-refractivity contribution in [3.8, 4) is 0 Å². The lowest BCUT2D eigenvalue weighted by atomic mass is 10.2. The number of amides is 3. The van der Waals surface area contributed by atoms with Crippen LogP contribution < -0.4 is 16.0 Å². The number of nitrogens with zero attached hydrogens (tertiary/aromatic N) is 1. The van der Waals surface area contributed by atoms with E-state index < -0.39 is 49.3 Å². The van der Waals surface area contributed by atoms with Gasteiger partial charge in [-0.1, -0.05) is 0 Å². The van der Waals surface area contributed by atoms with Crippen molar-refractivity contribution in [3.05, 3.63) is 29.8 Å². The quantitative estimate of drug-likeness (QED) is 0.441. The highest BCUT2D eigenvalue weighted by atomic mass is 19.1. The van der Waals surface area contributed by atoms with Crippen molar-refractivity contribution >= 4 is 23.7 Å². The lowest BCUT2D eigenvalue weighted by Crippen LogP contribution is -2.42. The maximum absolute atomic E-state index is 12.6. The average Bonchev–Trinajstić information content (AvgIpc) is 2.49. The van der Waals surface area contributed by atoms with Gasteiger partial charge >= 0.3 is 5.97 Å². The van der Waals surface area contributed by atoms with E-state index in [2.05, 4.69) is 15.6 Å². The maximum atomic E-state index is 12.6. The fourth-order valence-corrected chi connectivity index (χ4v) is 1.25. The van der Waals surface area contributed by atoms with Gasteiger partial charge in [0.15, 0.2) is 0 Å². The van der Waals surface area contributed by atoms with E-state index in [1.165, 1.54) is 6.07 Å². The number of hydrogen-bond donors (Lipinski definition) is 4. The Labute approximate surface area is 123 Å². The Kier molecular flexibility index (Phi) is 6.41. The fourth-order valence-electron chi connectivity index (χ4n) is 1.25. The third-order valence-corrected chi connectivity index (χ3v) is 2.28. The van der Waals surface area contributed by atoms with E-state index in [1.54, 1.807) is 0 Å². The average molecular weight is 312 g/mol. The molecule has 0 unspecified atom stereocenters. The van der Waals surface area contributed by atoms with Gasteiger partial charge in [0.25, 0.3) is 5.91 Å². The molecular formula is C12H13FN4O5. The summed E-state index contributed by atoms with van der Waals surface area (Å²) in [5.41, 5.74) is 0.0772. The molecule has 0 saturated carbocycles. The minimum absolute atomic E-state index is 0.0772. The van der Waals surface area contributed by atoms with Crippen LogP contribution >= 0.6 is 0 Å². The number of carbonyl (C=O) groups excluding carboxylic acids is 3. The molecule has 1 heterocycles. The molecule has 10 heteroatoms.